The van der Waals surface area contributed by atoms with Crippen molar-refractivity contribution in [3.63, 3.8) is 0 Å². The first-order chi connectivity index (χ1) is 9.57. The van der Waals surface area contributed by atoms with E-state index in [1.54, 1.807) is 5.32 Å². The van der Waals surface area contributed by atoms with Crippen molar-refractivity contribution < 1.29 is 27.9 Å². The molecule has 1 aromatic carbocycles. The first-order valence-electron chi connectivity index (χ1n) is 5.75. The van der Waals surface area contributed by atoms with E-state index in [1.165, 1.54) is 19.1 Å². The van der Waals surface area contributed by atoms with Crippen LogP contribution in [0.2, 0.25) is 0 Å². The van der Waals surface area contributed by atoms with E-state index >= 15 is 0 Å². The molecule has 0 saturated heterocycles. The van der Waals surface area contributed by atoms with E-state index in [2.05, 4.69) is 0 Å². The molecule has 4 N–H and O–H groups in total. The van der Waals surface area contributed by atoms with Crippen molar-refractivity contribution in [1.82, 2.24) is 5.32 Å². The van der Waals surface area contributed by atoms with Crippen LogP contribution in [-0.2, 0) is 14.6 Å². The lowest BCUT2D eigenvalue weighted by molar-refractivity contribution is -0.119. The lowest BCUT2D eigenvalue weighted by atomic mass is 10.1. The molecule has 0 fully saturated rings. The molecule has 0 aliphatic carbocycles. The summed E-state index contributed by atoms with van der Waals surface area (Å²) in [5.74, 6) is -2.37. The summed E-state index contributed by atoms with van der Waals surface area (Å²) < 4.78 is 24.7. The predicted octanol–water partition coefficient (Wildman–Crippen LogP) is 0.0503. The molecule has 3 amide bonds. The third kappa shape index (κ3) is 3.57. The molecule has 9 heteroatoms. The SMILES string of the molecule is Cc1ccc(C(=O)O)cc1S(=O)(=O)C(C)C(=O)NC(N)=O. The number of hydrogen-bond donors (Lipinski definition) is 3. The molecule has 0 radical (unpaired) electrons. The van der Waals surface area contributed by atoms with Gasteiger partial charge in [0.05, 0.1) is 10.5 Å². The smallest absolute Gasteiger partial charge is 0.335 e. The minimum atomic E-state index is -4.15. The van der Waals surface area contributed by atoms with Gasteiger partial charge in [-0.25, -0.2) is 18.0 Å². The van der Waals surface area contributed by atoms with Crippen LogP contribution in [0.5, 0.6) is 0 Å². The molecule has 0 aliphatic rings. The molecule has 1 rings (SSSR count). The number of primary amides is 1. The number of hydrogen-bond acceptors (Lipinski definition) is 5. The van der Waals surface area contributed by atoms with Crippen LogP contribution in [0.25, 0.3) is 0 Å². The first kappa shape index (κ1) is 16.6. The summed E-state index contributed by atoms with van der Waals surface area (Å²) in [5.41, 5.74) is 4.83. The maximum Gasteiger partial charge on any atom is 0.335 e. The van der Waals surface area contributed by atoms with Crippen LogP contribution in [0.3, 0.4) is 0 Å². The van der Waals surface area contributed by atoms with Crippen LogP contribution in [0, 0.1) is 6.92 Å². The van der Waals surface area contributed by atoms with E-state index in [-0.39, 0.29) is 10.5 Å². The zero-order valence-corrected chi connectivity index (χ0v) is 12.1. The minimum absolute atomic E-state index is 0.221. The van der Waals surface area contributed by atoms with Gasteiger partial charge in [-0.3, -0.25) is 10.1 Å². The fraction of sp³-hybridized carbons (Fsp3) is 0.250. The average Bonchev–Trinajstić information content (AvgIpc) is 2.36. The highest BCUT2D eigenvalue weighted by molar-refractivity contribution is 7.92. The number of carbonyl (C=O) groups is 3. The molecule has 0 heterocycles. The summed E-state index contributed by atoms with van der Waals surface area (Å²) in [7, 11) is -4.15. The van der Waals surface area contributed by atoms with Crippen LogP contribution in [0.1, 0.15) is 22.8 Å². The van der Waals surface area contributed by atoms with Crippen LogP contribution in [0.15, 0.2) is 23.1 Å². The summed E-state index contributed by atoms with van der Waals surface area (Å²) >= 11 is 0. The summed E-state index contributed by atoms with van der Waals surface area (Å²) in [4.78, 5) is 32.8. The van der Waals surface area contributed by atoms with Crippen LogP contribution < -0.4 is 11.1 Å². The highest BCUT2D eigenvalue weighted by Crippen LogP contribution is 2.22. The van der Waals surface area contributed by atoms with Crippen LogP contribution >= 0.6 is 0 Å². The second-order valence-corrected chi connectivity index (χ2v) is 6.56. The molecule has 0 saturated carbocycles. The number of sulfone groups is 1. The van der Waals surface area contributed by atoms with Gasteiger partial charge in [-0.1, -0.05) is 6.07 Å². The number of aryl methyl sites for hydroxylation is 1. The Hall–Kier alpha value is -2.42. The molecule has 114 valence electrons. The van der Waals surface area contributed by atoms with Crippen molar-refractivity contribution in [3.8, 4) is 0 Å². The third-order valence-electron chi connectivity index (χ3n) is 2.82. The van der Waals surface area contributed by atoms with E-state index in [9.17, 15) is 22.8 Å². The zero-order chi connectivity index (χ0) is 16.4. The van der Waals surface area contributed by atoms with E-state index in [1.807, 2.05) is 0 Å². The molecule has 0 bridgehead atoms. The molecule has 1 aromatic rings. The van der Waals surface area contributed by atoms with E-state index < -0.39 is 33.0 Å². The molecule has 0 aromatic heterocycles. The lowest BCUT2D eigenvalue weighted by Gasteiger charge is -2.14. The van der Waals surface area contributed by atoms with Crippen molar-refractivity contribution >= 4 is 27.7 Å². The third-order valence-corrected chi connectivity index (χ3v) is 5.02. The summed E-state index contributed by atoms with van der Waals surface area (Å²) in [5, 5.41) is 8.99. The Labute approximate surface area is 120 Å². The Balaban J connectivity index is 3.30. The van der Waals surface area contributed by atoms with Crippen molar-refractivity contribution in [2.75, 3.05) is 0 Å². The number of benzene rings is 1. The number of rotatable bonds is 4. The molecule has 0 aliphatic heterocycles. The Morgan fingerprint density at radius 1 is 1.29 bits per heavy atom. The molecule has 21 heavy (non-hydrogen) atoms. The largest absolute Gasteiger partial charge is 0.478 e. The standard InChI is InChI=1S/C12H14N2O6S/c1-6-3-4-8(11(16)17)5-9(6)21(19,20)7(2)10(15)14-12(13)18/h3-5,7H,1-2H3,(H,16,17)(H3,13,14,15,18). The zero-order valence-electron chi connectivity index (χ0n) is 11.3. The van der Waals surface area contributed by atoms with Crippen molar-refractivity contribution in [1.29, 1.82) is 0 Å². The maximum atomic E-state index is 12.3. The number of nitrogens with two attached hydrogens (primary N) is 1. The van der Waals surface area contributed by atoms with Gasteiger partial charge in [0.1, 0.15) is 5.25 Å². The van der Waals surface area contributed by atoms with Crippen molar-refractivity contribution in [2.24, 2.45) is 5.73 Å². The highest BCUT2D eigenvalue weighted by Gasteiger charge is 2.32. The molecular weight excluding hydrogens is 300 g/mol. The monoisotopic (exact) mass is 314 g/mol. The van der Waals surface area contributed by atoms with Crippen molar-refractivity contribution in [3.05, 3.63) is 29.3 Å². The van der Waals surface area contributed by atoms with Gasteiger partial charge in [0.15, 0.2) is 9.84 Å². The number of urea groups is 1. The number of imide groups is 1. The molecular formula is C12H14N2O6S. The fourth-order valence-corrected chi connectivity index (χ4v) is 3.12. The van der Waals surface area contributed by atoms with Crippen molar-refractivity contribution in [2.45, 2.75) is 24.0 Å². The number of amides is 3. The second-order valence-electron chi connectivity index (χ2n) is 4.33. The number of carboxylic acid groups (broad SMARTS) is 1. The quantitative estimate of drug-likeness (QED) is 0.716. The highest BCUT2D eigenvalue weighted by atomic mass is 32.2. The maximum absolute atomic E-state index is 12.3. The van der Waals surface area contributed by atoms with Gasteiger partial charge in [-0.15, -0.1) is 0 Å². The van der Waals surface area contributed by atoms with E-state index in [0.29, 0.717) is 5.56 Å². The van der Waals surface area contributed by atoms with Gasteiger partial charge < -0.3 is 10.8 Å². The summed E-state index contributed by atoms with van der Waals surface area (Å²) in [6.45, 7) is 2.55. The summed E-state index contributed by atoms with van der Waals surface area (Å²) in [6.07, 6.45) is 0. The van der Waals surface area contributed by atoms with Gasteiger partial charge in [0, 0.05) is 0 Å². The Morgan fingerprint density at radius 3 is 2.33 bits per heavy atom. The number of aromatic carboxylic acids is 1. The number of nitrogens with one attached hydrogen (secondary N) is 1. The van der Waals surface area contributed by atoms with Gasteiger partial charge in [0.2, 0.25) is 5.91 Å². The van der Waals surface area contributed by atoms with Gasteiger partial charge in [-0.05, 0) is 31.5 Å². The number of carbonyl (C=O) groups excluding carboxylic acids is 2. The van der Waals surface area contributed by atoms with Gasteiger partial charge >= 0.3 is 12.0 Å². The fourth-order valence-electron chi connectivity index (χ4n) is 1.59. The second kappa shape index (κ2) is 5.92. The molecule has 1 atom stereocenters. The number of carboxylic acids is 1. The molecule has 8 nitrogen and oxygen atoms in total. The van der Waals surface area contributed by atoms with E-state index in [4.69, 9.17) is 10.8 Å². The van der Waals surface area contributed by atoms with Crippen LogP contribution in [-0.4, -0.2) is 36.7 Å². The first-order valence-corrected chi connectivity index (χ1v) is 7.30. The Kier molecular flexibility index (Phi) is 4.69. The topological polar surface area (TPSA) is 144 Å². The molecule has 0 spiro atoms. The predicted molar refractivity (Wildman–Crippen MR) is 72.5 cm³/mol. The Morgan fingerprint density at radius 2 is 1.86 bits per heavy atom. The molecule has 1 unspecified atom stereocenters. The minimum Gasteiger partial charge on any atom is -0.478 e. The van der Waals surface area contributed by atoms with Gasteiger partial charge in [-0.2, -0.15) is 0 Å². The van der Waals surface area contributed by atoms with E-state index in [0.717, 1.165) is 13.0 Å². The average molecular weight is 314 g/mol. The summed E-state index contributed by atoms with van der Waals surface area (Å²) in [6, 6.07) is 2.39. The normalized spacial score (nSPS) is 12.5. The van der Waals surface area contributed by atoms with Gasteiger partial charge in [0.25, 0.3) is 0 Å². The van der Waals surface area contributed by atoms with Crippen LogP contribution in [0.4, 0.5) is 4.79 Å². The lowest BCUT2D eigenvalue weighted by Crippen LogP contribution is -2.43. The Bertz CT molecular complexity index is 710.